The Kier molecular flexibility index (Phi) is 10.8. The smallest absolute Gasteiger partial charge is 0.336 e. The summed E-state index contributed by atoms with van der Waals surface area (Å²) in [6.45, 7) is 0. The van der Waals surface area contributed by atoms with Gasteiger partial charge >= 0.3 is 5.97 Å². The number of hydrazone groups is 1. The summed E-state index contributed by atoms with van der Waals surface area (Å²) in [7, 11) is 5.46. The van der Waals surface area contributed by atoms with Crippen LogP contribution in [0, 0.1) is 0 Å². The fourth-order valence-corrected chi connectivity index (χ4v) is 3.85. The number of hydrogen-bond acceptors (Lipinski definition) is 7. The number of carbonyl (C=O) groups is 3. The van der Waals surface area contributed by atoms with E-state index in [1.54, 1.807) is 86.0 Å². The summed E-state index contributed by atoms with van der Waals surface area (Å²) in [5.74, 6) is -0.473. The van der Waals surface area contributed by atoms with Gasteiger partial charge in [-0.25, -0.2) is 10.2 Å². The van der Waals surface area contributed by atoms with E-state index in [4.69, 9.17) is 9.47 Å². The molecule has 2 amide bonds. The molecule has 0 unspecified atom stereocenters. The highest BCUT2D eigenvalue weighted by Crippen LogP contribution is 2.16. The number of anilines is 1. The molecule has 0 aliphatic rings. The Morgan fingerprint density at radius 2 is 1.36 bits per heavy atom. The van der Waals surface area contributed by atoms with Gasteiger partial charge in [-0.1, -0.05) is 42.5 Å². The number of ether oxygens (including phenoxy) is 2. The van der Waals surface area contributed by atoms with E-state index >= 15 is 0 Å². The van der Waals surface area contributed by atoms with Crippen LogP contribution in [0.25, 0.3) is 12.2 Å². The molecular formula is C35H32N4O5. The monoisotopic (exact) mass is 588 g/mol. The van der Waals surface area contributed by atoms with Crippen LogP contribution in [0.2, 0.25) is 0 Å². The Hall–Kier alpha value is -5.96. The van der Waals surface area contributed by atoms with Crippen LogP contribution in [0.1, 0.15) is 27.0 Å². The Morgan fingerprint density at radius 3 is 2.00 bits per heavy atom. The summed E-state index contributed by atoms with van der Waals surface area (Å²) in [5, 5.41) is 6.72. The van der Waals surface area contributed by atoms with Crippen molar-refractivity contribution in [1.82, 2.24) is 10.7 Å². The lowest BCUT2D eigenvalue weighted by atomic mass is 10.1. The molecule has 0 aromatic heterocycles. The molecule has 4 aromatic rings. The van der Waals surface area contributed by atoms with Crippen LogP contribution in [-0.2, 0) is 9.59 Å². The molecule has 9 nitrogen and oxygen atoms in total. The van der Waals surface area contributed by atoms with Gasteiger partial charge in [-0.3, -0.25) is 9.59 Å². The van der Waals surface area contributed by atoms with Crippen LogP contribution in [0.3, 0.4) is 0 Å². The van der Waals surface area contributed by atoms with Gasteiger partial charge in [0.15, 0.2) is 0 Å². The second kappa shape index (κ2) is 15.3. The number of amides is 2. The van der Waals surface area contributed by atoms with Crippen LogP contribution in [-0.4, -0.2) is 45.2 Å². The predicted octanol–water partition coefficient (Wildman–Crippen LogP) is 5.30. The standard InChI is InChI=1S/C35H32N4O5/c1-39(2)29-16-9-26(10-17-29)23-32(37-34(41)28-7-5-4-6-8-28)35(42)38-36-24-27-13-20-31(21-14-27)44-33(40)22-15-25-11-18-30(43-3)19-12-25/h4-24H,1-3H3,(H,37,41)(H,38,42)/b22-15+,32-23-,36-24+. The molecular weight excluding hydrogens is 556 g/mol. The lowest BCUT2D eigenvalue weighted by Crippen LogP contribution is -2.32. The zero-order chi connectivity index (χ0) is 31.3. The predicted molar refractivity (Wildman–Crippen MR) is 172 cm³/mol. The minimum Gasteiger partial charge on any atom is -0.497 e. The van der Waals surface area contributed by atoms with Gasteiger partial charge in [0.25, 0.3) is 11.8 Å². The van der Waals surface area contributed by atoms with E-state index in [0.717, 1.165) is 22.6 Å². The number of carbonyl (C=O) groups excluding carboxylic acids is 3. The van der Waals surface area contributed by atoms with Crippen molar-refractivity contribution in [3.8, 4) is 11.5 Å². The molecule has 0 atom stereocenters. The highest BCUT2D eigenvalue weighted by Gasteiger charge is 2.14. The van der Waals surface area contributed by atoms with Gasteiger partial charge in [0, 0.05) is 31.4 Å². The molecule has 0 saturated carbocycles. The summed E-state index contributed by atoms with van der Waals surface area (Å²) in [6, 6.07) is 30.0. The third-order valence-electron chi connectivity index (χ3n) is 6.26. The number of nitrogens with one attached hydrogen (secondary N) is 2. The van der Waals surface area contributed by atoms with Crippen LogP contribution >= 0.6 is 0 Å². The summed E-state index contributed by atoms with van der Waals surface area (Å²) < 4.78 is 10.5. The largest absolute Gasteiger partial charge is 0.497 e. The Morgan fingerprint density at radius 1 is 0.750 bits per heavy atom. The molecule has 0 bridgehead atoms. The molecule has 4 rings (SSSR count). The lowest BCUT2D eigenvalue weighted by Gasteiger charge is -2.12. The number of methoxy groups -OCH3 is 1. The van der Waals surface area contributed by atoms with E-state index in [1.807, 2.05) is 55.4 Å². The summed E-state index contributed by atoms with van der Waals surface area (Å²) >= 11 is 0. The topological polar surface area (TPSA) is 109 Å². The van der Waals surface area contributed by atoms with E-state index in [2.05, 4.69) is 15.8 Å². The number of nitrogens with zero attached hydrogens (tertiary/aromatic N) is 2. The molecule has 4 aromatic carbocycles. The molecule has 0 aliphatic heterocycles. The number of rotatable bonds is 11. The molecule has 222 valence electrons. The van der Waals surface area contributed by atoms with Crippen molar-refractivity contribution in [2.24, 2.45) is 5.10 Å². The minimum absolute atomic E-state index is 0.0264. The molecule has 2 N–H and O–H groups in total. The first kappa shape index (κ1) is 31.0. The normalized spacial score (nSPS) is 11.3. The lowest BCUT2D eigenvalue weighted by molar-refractivity contribution is -0.128. The van der Waals surface area contributed by atoms with E-state index in [0.29, 0.717) is 16.9 Å². The van der Waals surface area contributed by atoms with Crippen LogP contribution < -0.4 is 25.1 Å². The van der Waals surface area contributed by atoms with Crippen LogP contribution in [0.15, 0.2) is 120 Å². The average Bonchev–Trinajstić information content (AvgIpc) is 3.05. The first-order chi connectivity index (χ1) is 21.3. The van der Waals surface area contributed by atoms with Crippen molar-refractivity contribution in [3.05, 3.63) is 137 Å². The highest BCUT2D eigenvalue weighted by atomic mass is 16.5. The first-order valence-electron chi connectivity index (χ1n) is 13.6. The van der Waals surface area contributed by atoms with E-state index in [9.17, 15) is 14.4 Å². The number of esters is 1. The molecule has 0 saturated heterocycles. The Labute approximate surface area is 256 Å². The first-order valence-corrected chi connectivity index (χ1v) is 13.6. The fourth-order valence-electron chi connectivity index (χ4n) is 3.85. The van der Waals surface area contributed by atoms with E-state index in [1.165, 1.54) is 12.3 Å². The molecule has 9 heteroatoms. The van der Waals surface area contributed by atoms with E-state index < -0.39 is 17.8 Å². The van der Waals surface area contributed by atoms with Gasteiger partial charge in [-0.15, -0.1) is 0 Å². The van der Waals surface area contributed by atoms with Gasteiger partial charge in [0.1, 0.15) is 17.2 Å². The zero-order valence-corrected chi connectivity index (χ0v) is 24.6. The third kappa shape index (κ3) is 9.28. The highest BCUT2D eigenvalue weighted by molar-refractivity contribution is 6.05. The van der Waals surface area contributed by atoms with Crippen LogP contribution in [0.5, 0.6) is 11.5 Å². The van der Waals surface area contributed by atoms with Crippen molar-refractivity contribution in [3.63, 3.8) is 0 Å². The number of hydrogen-bond donors (Lipinski definition) is 2. The van der Waals surface area contributed by atoms with Crippen molar-refractivity contribution in [1.29, 1.82) is 0 Å². The molecule has 0 heterocycles. The maximum Gasteiger partial charge on any atom is 0.336 e. The second-order valence-corrected chi connectivity index (χ2v) is 9.66. The van der Waals surface area contributed by atoms with Crippen molar-refractivity contribution in [2.45, 2.75) is 0 Å². The Bertz CT molecular complexity index is 1660. The van der Waals surface area contributed by atoms with E-state index in [-0.39, 0.29) is 5.70 Å². The molecule has 0 radical (unpaired) electrons. The van der Waals surface area contributed by atoms with Gasteiger partial charge in [-0.05, 0) is 89.5 Å². The summed E-state index contributed by atoms with van der Waals surface area (Å²) in [4.78, 5) is 40.0. The molecule has 44 heavy (non-hydrogen) atoms. The zero-order valence-electron chi connectivity index (χ0n) is 24.6. The quantitative estimate of drug-likeness (QED) is 0.0809. The minimum atomic E-state index is -0.601. The van der Waals surface area contributed by atoms with Gasteiger partial charge < -0.3 is 19.7 Å². The molecule has 0 spiro atoms. The SMILES string of the molecule is COc1ccc(/C=C/C(=O)Oc2ccc(/C=N/NC(=O)/C(=C/c3ccc(N(C)C)cc3)NC(=O)c3ccccc3)cc2)cc1. The van der Waals surface area contributed by atoms with Crippen molar-refractivity contribution < 1.29 is 23.9 Å². The van der Waals surface area contributed by atoms with Gasteiger partial charge in [0.05, 0.1) is 13.3 Å². The maximum atomic E-state index is 13.1. The number of benzene rings is 4. The molecule has 0 aliphatic carbocycles. The van der Waals surface area contributed by atoms with Gasteiger partial charge in [0.2, 0.25) is 0 Å². The van der Waals surface area contributed by atoms with Crippen molar-refractivity contribution in [2.75, 3.05) is 26.1 Å². The Balaban J connectivity index is 1.38. The maximum absolute atomic E-state index is 13.1. The van der Waals surface area contributed by atoms with Gasteiger partial charge in [-0.2, -0.15) is 5.10 Å². The summed E-state index contributed by atoms with van der Waals surface area (Å²) in [6.07, 6.45) is 6.01. The van der Waals surface area contributed by atoms with Crippen molar-refractivity contribution >= 4 is 41.8 Å². The fraction of sp³-hybridized carbons (Fsp3) is 0.0857. The second-order valence-electron chi connectivity index (χ2n) is 9.66. The average molecular weight is 589 g/mol. The van der Waals surface area contributed by atoms with Crippen LogP contribution in [0.4, 0.5) is 5.69 Å². The third-order valence-corrected chi connectivity index (χ3v) is 6.26. The summed E-state index contributed by atoms with van der Waals surface area (Å²) in [5.41, 5.74) is 6.10. The molecule has 0 fully saturated rings.